The van der Waals surface area contributed by atoms with Gasteiger partial charge in [-0.3, -0.25) is 0 Å². The van der Waals surface area contributed by atoms with Gasteiger partial charge in [0.1, 0.15) is 11.5 Å². The third-order valence-electron chi connectivity index (χ3n) is 2.06. The molecule has 0 aliphatic heterocycles. The number of ketones is 1. The van der Waals surface area contributed by atoms with E-state index in [0.29, 0.717) is 23.8 Å². The van der Waals surface area contributed by atoms with Crippen molar-refractivity contribution in [2.45, 2.75) is 26.7 Å². The molecule has 0 saturated heterocycles. The number of carbonyl (C=O) groups excluding carboxylic acids is 1. The first kappa shape index (κ1) is 12.1. The molecule has 0 amide bonds. The van der Waals surface area contributed by atoms with Crippen molar-refractivity contribution in [3.63, 3.8) is 0 Å². The Morgan fingerprint density at radius 1 is 1.47 bits per heavy atom. The van der Waals surface area contributed by atoms with E-state index in [2.05, 4.69) is 0 Å². The molecule has 0 heterocycles. The molecule has 0 aromatic heterocycles. The normalized spacial score (nSPS) is 10.1. The van der Waals surface area contributed by atoms with E-state index in [1.54, 1.807) is 6.92 Å². The van der Waals surface area contributed by atoms with E-state index >= 15 is 0 Å². The molecule has 3 heteroatoms. The Morgan fingerprint density at radius 3 is 2.73 bits per heavy atom. The third kappa shape index (κ3) is 3.92. The average molecular weight is 227 g/mol. The number of ether oxygens (including phenoxy) is 1. The summed E-state index contributed by atoms with van der Waals surface area (Å²) in [5.74, 6) is 0.894. The minimum atomic E-state index is 0.194. The van der Waals surface area contributed by atoms with Gasteiger partial charge >= 0.3 is 0 Å². The summed E-state index contributed by atoms with van der Waals surface area (Å²) < 4.78 is 5.32. The Balaban J connectivity index is 2.68. The van der Waals surface area contributed by atoms with Gasteiger partial charge in [-0.25, -0.2) is 0 Å². The number of hydrogen-bond donors (Lipinski definition) is 0. The van der Waals surface area contributed by atoms with Crippen LogP contribution in [0.1, 0.15) is 25.8 Å². The van der Waals surface area contributed by atoms with E-state index in [0.717, 1.165) is 12.0 Å². The number of carbonyl (C=O) groups is 1. The summed E-state index contributed by atoms with van der Waals surface area (Å²) in [7, 11) is 0. The van der Waals surface area contributed by atoms with E-state index in [4.69, 9.17) is 16.3 Å². The Bertz CT molecular complexity index is 347. The minimum absolute atomic E-state index is 0.194. The summed E-state index contributed by atoms with van der Waals surface area (Å²) in [6.07, 6.45) is 1.30. The van der Waals surface area contributed by atoms with Gasteiger partial charge in [0.2, 0.25) is 0 Å². The van der Waals surface area contributed by atoms with Crippen molar-refractivity contribution in [2.24, 2.45) is 0 Å². The highest BCUT2D eigenvalue weighted by Gasteiger charge is 2.03. The Morgan fingerprint density at radius 2 is 2.20 bits per heavy atom. The molecule has 1 aromatic carbocycles. The summed E-state index contributed by atoms with van der Waals surface area (Å²) >= 11 is 6.01. The highest BCUT2D eigenvalue weighted by molar-refractivity contribution is 6.32. The monoisotopic (exact) mass is 226 g/mol. The standard InChI is InChI=1S/C12H15ClO2/c1-3-15-12-7-6-10(8-11(12)13)5-4-9(2)14/h6-8H,3-5H2,1-2H3. The van der Waals surface area contributed by atoms with Crippen LogP contribution in [0, 0.1) is 0 Å². The lowest BCUT2D eigenvalue weighted by atomic mass is 10.1. The molecule has 1 rings (SSSR count). The molecule has 0 fully saturated rings. The Hall–Kier alpha value is -1.02. The maximum absolute atomic E-state index is 10.8. The summed E-state index contributed by atoms with van der Waals surface area (Å²) in [6.45, 7) is 4.11. The molecule has 0 aliphatic carbocycles. The average Bonchev–Trinajstić information content (AvgIpc) is 2.19. The van der Waals surface area contributed by atoms with Crippen molar-refractivity contribution >= 4 is 17.4 Å². The molecule has 1 aromatic rings. The highest BCUT2D eigenvalue weighted by Crippen LogP contribution is 2.25. The van der Waals surface area contributed by atoms with Gasteiger partial charge in [0.15, 0.2) is 0 Å². The van der Waals surface area contributed by atoms with Crippen LogP contribution >= 0.6 is 11.6 Å². The molecular formula is C12H15ClO2. The number of benzene rings is 1. The molecule has 0 N–H and O–H groups in total. The van der Waals surface area contributed by atoms with E-state index < -0.39 is 0 Å². The Kier molecular flexibility index (Phi) is 4.63. The van der Waals surface area contributed by atoms with Crippen LogP contribution in [-0.4, -0.2) is 12.4 Å². The van der Waals surface area contributed by atoms with Crippen LogP contribution < -0.4 is 4.74 Å². The quantitative estimate of drug-likeness (QED) is 0.771. The summed E-state index contributed by atoms with van der Waals surface area (Å²) in [6, 6.07) is 5.65. The zero-order valence-electron chi connectivity index (χ0n) is 9.05. The maximum Gasteiger partial charge on any atom is 0.137 e. The van der Waals surface area contributed by atoms with E-state index in [-0.39, 0.29) is 5.78 Å². The second-order valence-corrected chi connectivity index (χ2v) is 3.81. The molecule has 0 aliphatic rings. The molecule has 0 unspecified atom stereocenters. The Labute approximate surface area is 95.2 Å². The van der Waals surface area contributed by atoms with Crippen LogP contribution in [0.4, 0.5) is 0 Å². The van der Waals surface area contributed by atoms with Crippen molar-refractivity contribution in [1.82, 2.24) is 0 Å². The van der Waals surface area contributed by atoms with Crippen molar-refractivity contribution in [3.05, 3.63) is 28.8 Å². The third-order valence-corrected chi connectivity index (χ3v) is 2.36. The molecule has 2 nitrogen and oxygen atoms in total. The van der Waals surface area contributed by atoms with Crippen LogP contribution in [0.25, 0.3) is 0 Å². The summed E-state index contributed by atoms with van der Waals surface area (Å²) in [5.41, 5.74) is 1.07. The van der Waals surface area contributed by atoms with Crippen molar-refractivity contribution in [1.29, 1.82) is 0 Å². The lowest BCUT2D eigenvalue weighted by Crippen LogP contribution is -1.96. The fraction of sp³-hybridized carbons (Fsp3) is 0.417. The van der Waals surface area contributed by atoms with Crippen LogP contribution in [0.15, 0.2) is 18.2 Å². The number of rotatable bonds is 5. The highest BCUT2D eigenvalue weighted by atomic mass is 35.5. The van der Waals surface area contributed by atoms with E-state index in [9.17, 15) is 4.79 Å². The number of aryl methyl sites for hydroxylation is 1. The van der Waals surface area contributed by atoms with Crippen molar-refractivity contribution in [3.8, 4) is 5.75 Å². The lowest BCUT2D eigenvalue weighted by molar-refractivity contribution is -0.116. The van der Waals surface area contributed by atoms with E-state index in [1.165, 1.54) is 0 Å². The fourth-order valence-corrected chi connectivity index (χ4v) is 1.55. The molecule has 82 valence electrons. The van der Waals surface area contributed by atoms with E-state index in [1.807, 2.05) is 25.1 Å². The first-order chi connectivity index (χ1) is 7.13. The van der Waals surface area contributed by atoms with Crippen LogP contribution in [0.5, 0.6) is 5.75 Å². The largest absolute Gasteiger partial charge is 0.492 e. The molecule has 0 atom stereocenters. The molecule has 0 radical (unpaired) electrons. The van der Waals surface area contributed by atoms with Gasteiger partial charge in [0.25, 0.3) is 0 Å². The first-order valence-corrected chi connectivity index (χ1v) is 5.42. The molecule has 0 bridgehead atoms. The smallest absolute Gasteiger partial charge is 0.137 e. The first-order valence-electron chi connectivity index (χ1n) is 5.04. The molecular weight excluding hydrogens is 212 g/mol. The lowest BCUT2D eigenvalue weighted by Gasteiger charge is -2.07. The fourth-order valence-electron chi connectivity index (χ4n) is 1.29. The number of hydrogen-bond acceptors (Lipinski definition) is 2. The zero-order chi connectivity index (χ0) is 11.3. The topological polar surface area (TPSA) is 26.3 Å². The molecule has 0 saturated carbocycles. The van der Waals surface area contributed by atoms with Crippen LogP contribution in [-0.2, 0) is 11.2 Å². The number of halogens is 1. The van der Waals surface area contributed by atoms with Crippen LogP contribution in [0.2, 0.25) is 5.02 Å². The SMILES string of the molecule is CCOc1ccc(CCC(C)=O)cc1Cl. The van der Waals surface area contributed by atoms with Gasteiger partial charge in [-0.15, -0.1) is 0 Å². The van der Waals surface area contributed by atoms with Gasteiger partial charge in [0.05, 0.1) is 11.6 Å². The van der Waals surface area contributed by atoms with Gasteiger partial charge < -0.3 is 9.53 Å². The van der Waals surface area contributed by atoms with Gasteiger partial charge in [-0.05, 0) is 38.0 Å². The van der Waals surface area contributed by atoms with Gasteiger partial charge in [0, 0.05) is 6.42 Å². The molecule has 15 heavy (non-hydrogen) atoms. The van der Waals surface area contributed by atoms with Gasteiger partial charge in [-0.2, -0.15) is 0 Å². The molecule has 0 spiro atoms. The van der Waals surface area contributed by atoms with Crippen LogP contribution in [0.3, 0.4) is 0 Å². The predicted octanol–water partition coefficient (Wildman–Crippen LogP) is 3.26. The zero-order valence-corrected chi connectivity index (χ0v) is 9.80. The second kappa shape index (κ2) is 5.76. The summed E-state index contributed by atoms with van der Waals surface area (Å²) in [4.78, 5) is 10.8. The van der Waals surface area contributed by atoms with Crippen molar-refractivity contribution in [2.75, 3.05) is 6.61 Å². The second-order valence-electron chi connectivity index (χ2n) is 3.40. The predicted molar refractivity (Wildman–Crippen MR) is 61.6 cm³/mol. The number of Topliss-reactive ketones (excluding diaryl/α,β-unsaturated/α-hetero) is 1. The van der Waals surface area contributed by atoms with Gasteiger partial charge in [-0.1, -0.05) is 17.7 Å². The van der Waals surface area contributed by atoms with Crippen molar-refractivity contribution < 1.29 is 9.53 Å². The summed E-state index contributed by atoms with van der Waals surface area (Å²) in [5, 5.41) is 0.609. The minimum Gasteiger partial charge on any atom is -0.492 e. The maximum atomic E-state index is 10.8.